The molecule has 0 aromatic carbocycles. The summed E-state index contributed by atoms with van der Waals surface area (Å²) in [6, 6.07) is 0. The van der Waals surface area contributed by atoms with E-state index in [1.807, 2.05) is 0 Å². The zero-order valence-electron chi connectivity index (χ0n) is 6.57. The molecule has 0 aromatic rings. The van der Waals surface area contributed by atoms with Crippen LogP contribution in [-0.4, -0.2) is 39.8 Å². The van der Waals surface area contributed by atoms with Gasteiger partial charge in [-0.2, -0.15) is 0 Å². The number of hydrogen-bond acceptors (Lipinski definition) is 5. The Kier molecular flexibility index (Phi) is 3.91. The first-order valence-electron chi connectivity index (χ1n) is 3.46. The van der Waals surface area contributed by atoms with Crippen LogP contribution in [-0.2, 0) is 0 Å². The fourth-order valence-electron chi connectivity index (χ4n) is 0.616. The van der Waals surface area contributed by atoms with Crippen LogP contribution in [0.3, 0.4) is 0 Å². The number of nitrogens with two attached hydrogens (primary N) is 2. The van der Waals surface area contributed by atoms with E-state index in [2.05, 4.69) is 0 Å². The third-order valence-electron chi connectivity index (χ3n) is 1.47. The Labute approximate surface area is 65.6 Å². The van der Waals surface area contributed by atoms with Gasteiger partial charge in [-0.15, -0.1) is 0 Å². The molecule has 0 bridgehead atoms. The van der Waals surface area contributed by atoms with Crippen molar-refractivity contribution in [1.29, 1.82) is 0 Å². The smallest absolute Gasteiger partial charge is 0.128 e. The third-order valence-corrected chi connectivity index (χ3v) is 1.47. The average molecular weight is 164 g/mol. The maximum absolute atomic E-state index is 9.12. The predicted octanol–water partition coefficient (Wildman–Crippen LogP) is -2.28. The van der Waals surface area contributed by atoms with Gasteiger partial charge in [-0.3, -0.25) is 0 Å². The molecule has 0 heterocycles. The second-order valence-corrected chi connectivity index (χ2v) is 2.82. The van der Waals surface area contributed by atoms with E-state index in [9.17, 15) is 0 Å². The van der Waals surface area contributed by atoms with Crippen molar-refractivity contribution in [2.75, 3.05) is 6.54 Å². The molecule has 0 saturated heterocycles. The van der Waals surface area contributed by atoms with Crippen molar-refractivity contribution in [2.45, 2.75) is 31.3 Å². The summed E-state index contributed by atoms with van der Waals surface area (Å²) < 4.78 is 0. The molecule has 0 radical (unpaired) electrons. The number of rotatable bonds is 4. The highest BCUT2D eigenvalue weighted by atomic mass is 16.3. The molecule has 3 atom stereocenters. The molecule has 0 aromatic heterocycles. The first-order chi connectivity index (χ1) is 4.89. The zero-order valence-corrected chi connectivity index (χ0v) is 6.57. The largest absolute Gasteiger partial charge is 0.391 e. The van der Waals surface area contributed by atoms with Crippen LogP contribution < -0.4 is 11.5 Å². The van der Waals surface area contributed by atoms with Crippen molar-refractivity contribution >= 4 is 0 Å². The third kappa shape index (κ3) is 4.28. The molecule has 0 saturated carbocycles. The van der Waals surface area contributed by atoms with Gasteiger partial charge in [0.15, 0.2) is 0 Å². The fourth-order valence-corrected chi connectivity index (χ4v) is 0.616. The van der Waals surface area contributed by atoms with Crippen molar-refractivity contribution in [1.82, 2.24) is 0 Å². The summed E-state index contributed by atoms with van der Waals surface area (Å²) in [5, 5.41) is 27.0. The van der Waals surface area contributed by atoms with Crippen LogP contribution in [0.5, 0.6) is 0 Å². The van der Waals surface area contributed by atoms with Crippen LogP contribution in [0.15, 0.2) is 0 Å². The number of hydrogen-bond donors (Lipinski definition) is 5. The van der Waals surface area contributed by atoms with Crippen molar-refractivity contribution < 1.29 is 15.3 Å². The summed E-state index contributed by atoms with van der Waals surface area (Å²) in [6.07, 6.45) is -2.06. The molecule has 5 nitrogen and oxygen atoms in total. The lowest BCUT2D eigenvalue weighted by Crippen LogP contribution is -2.50. The van der Waals surface area contributed by atoms with Crippen LogP contribution in [0.2, 0.25) is 0 Å². The van der Waals surface area contributed by atoms with E-state index in [0.29, 0.717) is 0 Å². The fraction of sp³-hybridized carbons (Fsp3) is 1.00. The predicted molar refractivity (Wildman–Crippen MR) is 40.5 cm³/mol. The maximum Gasteiger partial charge on any atom is 0.128 e. The molecule has 0 aliphatic rings. The second-order valence-electron chi connectivity index (χ2n) is 2.82. The lowest BCUT2D eigenvalue weighted by Gasteiger charge is -2.25. The standard InChI is InChI=1S/C6H16N2O3/c1-4(9)5(10)2-6(8,11)3-7/h4-5,9-11H,2-3,7-8H2,1H3. The zero-order chi connectivity index (χ0) is 9.07. The number of aliphatic hydroxyl groups is 3. The van der Waals surface area contributed by atoms with Crippen molar-refractivity contribution in [2.24, 2.45) is 11.5 Å². The molecule has 0 aliphatic carbocycles. The lowest BCUT2D eigenvalue weighted by molar-refractivity contribution is -0.0424. The Morgan fingerprint density at radius 3 is 2.18 bits per heavy atom. The number of aliphatic hydroxyl groups excluding tert-OH is 2. The Hall–Kier alpha value is -0.200. The summed E-state index contributed by atoms with van der Waals surface area (Å²) in [5.41, 5.74) is 8.71. The van der Waals surface area contributed by atoms with E-state index in [1.54, 1.807) is 0 Å². The Balaban J connectivity index is 3.83. The van der Waals surface area contributed by atoms with Gasteiger partial charge in [0.2, 0.25) is 0 Å². The average Bonchev–Trinajstić information content (AvgIpc) is 1.87. The minimum atomic E-state index is -1.59. The molecule has 68 valence electrons. The highest BCUT2D eigenvalue weighted by molar-refractivity contribution is 4.77. The normalized spacial score (nSPS) is 22.4. The van der Waals surface area contributed by atoms with Gasteiger partial charge in [0.05, 0.1) is 12.2 Å². The Morgan fingerprint density at radius 1 is 1.45 bits per heavy atom. The molecule has 0 fully saturated rings. The van der Waals surface area contributed by atoms with Crippen LogP contribution in [0.4, 0.5) is 0 Å². The van der Waals surface area contributed by atoms with Gasteiger partial charge in [0, 0.05) is 13.0 Å². The quantitative estimate of drug-likeness (QED) is 0.301. The van der Waals surface area contributed by atoms with E-state index in [4.69, 9.17) is 26.8 Å². The summed E-state index contributed by atoms with van der Waals surface area (Å²) >= 11 is 0. The van der Waals surface area contributed by atoms with E-state index < -0.39 is 17.9 Å². The highest BCUT2D eigenvalue weighted by Crippen LogP contribution is 2.07. The maximum atomic E-state index is 9.12. The first-order valence-corrected chi connectivity index (χ1v) is 3.46. The molecule has 3 unspecified atom stereocenters. The molecule has 0 amide bonds. The summed E-state index contributed by atoms with van der Waals surface area (Å²) in [7, 11) is 0. The van der Waals surface area contributed by atoms with E-state index in [-0.39, 0.29) is 13.0 Å². The SMILES string of the molecule is CC(O)C(O)CC(N)(O)CN. The van der Waals surface area contributed by atoms with Gasteiger partial charge in [0.1, 0.15) is 5.72 Å². The van der Waals surface area contributed by atoms with Crippen molar-refractivity contribution in [3.8, 4) is 0 Å². The van der Waals surface area contributed by atoms with Gasteiger partial charge in [-0.1, -0.05) is 0 Å². The molecule has 0 rings (SSSR count). The van der Waals surface area contributed by atoms with Crippen LogP contribution >= 0.6 is 0 Å². The first kappa shape index (κ1) is 10.8. The summed E-state index contributed by atoms with van der Waals surface area (Å²) in [6.45, 7) is 1.27. The second kappa shape index (κ2) is 3.99. The van der Waals surface area contributed by atoms with Gasteiger partial charge < -0.3 is 26.8 Å². The minimum absolute atomic E-state index is 0.124. The van der Waals surface area contributed by atoms with Crippen LogP contribution in [0, 0.1) is 0 Å². The highest BCUT2D eigenvalue weighted by Gasteiger charge is 2.25. The van der Waals surface area contributed by atoms with Crippen molar-refractivity contribution in [3.05, 3.63) is 0 Å². The molecule has 0 aliphatic heterocycles. The molecular weight excluding hydrogens is 148 g/mol. The molecular formula is C6H16N2O3. The Bertz CT molecular complexity index is 116. The monoisotopic (exact) mass is 164 g/mol. The molecule has 5 heteroatoms. The van der Waals surface area contributed by atoms with Gasteiger partial charge in [-0.05, 0) is 6.92 Å². The Morgan fingerprint density at radius 2 is 1.91 bits per heavy atom. The summed E-state index contributed by atoms with van der Waals surface area (Å²) in [4.78, 5) is 0. The van der Waals surface area contributed by atoms with E-state index >= 15 is 0 Å². The molecule has 7 N–H and O–H groups in total. The van der Waals surface area contributed by atoms with E-state index in [1.165, 1.54) is 6.92 Å². The minimum Gasteiger partial charge on any atom is -0.391 e. The van der Waals surface area contributed by atoms with Crippen LogP contribution in [0.1, 0.15) is 13.3 Å². The van der Waals surface area contributed by atoms with Gasteiger partial charge in [-0.25, -0.2) is 0 Å². The molecule has 11 heavy (non-hydrogen) atoms. The van der Waals surface area contributed by atoms with Gasteiger partial charge in [0.25, 0.3) is 0 Å². The summed E-state index contributed by atoms with van der Waals surface area (Å²) in [5.74, 6) is 0. The van der Waals surface area contributed by atoms with E-state index in [0.717, 1.165) is 0 Å². The van der Waals surface area contributed by atoms with Crippen LogP contribution in [0.25, 0.3) is 0 Å². The van der Waals surface area contributed by atoms with Crippen molar-refractivity contribution in [3.63, 3.8) is 0 Å². The lowest BCUT2D eigenvalue weighted by atomic mass is 10.0. The topological polar surface area (TPSA) is 113 Å². The molecule has 0 spiro atoms. The van der Waals surface area contributed by atoms with Gasteiger partial charge >= 0.3 is 0 Å².